The van der Waals surface area contributed by atoms with Crippen molar-refractivity contribution in [3.63, 3.8) is 0 Å². The van der Waals surface area contributed by atoms with Crippen molar-refractivity contribution in [1.29, 1.82) is 0 Å². The Morgan fingerprint density at radius 2 is 1.43 bits per heavy atom. The van der Waals surface area contributed by atoms with E-state index in [9.17, 15) is 13.2 Å². The molecule has 0 saturated heterocycles. The van der Waals surface area contributed by atoms with E-state index in [2.05, 4.69) is 0 Å². The molecular formula is C17H16ClF3. The van der Waals surface area contributed by atoms with Crippen molar-refractivity contribution in [1.82, 2.24) is 0 Å². The zero-order chi connectivity index (χ0) is 15.3. The van der Waals surface area contributed by atoms with Gasteiger partial charge in [-0.25, -0.2) is 0 Å². The third-order valence-electron chi connectivity index (χ3n) is 3.27. The van der Waals surface area contributed by atoms with E-state index in [0.29, 0.717) is 0 Å². The van der Waals surface area contributed by atoms with Crippen molar-refractivity contribution < 1.29 is 13.2 Å². The topological polar surface area (TPSA) is 0 Å². The van der Waals surface area contributed by atoms with Gasteiger partial charge in [-0.1, -0.05) is 54.6 Å². The van der Waals surface area contributed by atoms with Crippen molar-refractivity contribution in [2.45, 2.75) is 30.8 Å². The van der Waals surface area contributed by atoms with Gasteiger partial charge in [0, 0.05) is 6.42 Å². The Morgan fingerprint density at radius 3 is 2.00 bits per heavy atom. The lowest BCUT2D eigenvalue weighted by Gasteiger charge is -2.12. The first-order chi connectivity index (χ1) is 9.94. The molecule has 0 aromatic heterocycles. The number of rotatable bonds is 5. The van der Waals surface area contributed by atoms with E-state index in [1.807, 2.05) is 54.6 Å². The van der Waals surface area contributed by atoms with E-state index in [1.165, 1.54) is 5.56 Å². The summed E-state index contributed by atoms with van der Waals surface area (Å²) >= 11 is 6.02. The molecule has 21 heavy (non-hydrogen) atoms. The molecule has 0 spiro atoms. The molecular weight excluding hydrogens is 297 g/mol. The largest absolute Gasteiger partial charge is 0.389 e. The second-order valence-corrected chi connectivity index (χ2v) is 5.55. The zero-order valence-corrected chi connectivity index (χ0v) is 12.2. The Kier molecular flexibility index (Phi) is 5.29. The monoisotopic (exact) mass is 312 g/mol. The van der Waals surface area contributed by atoms with E-state index < -0.39 is 18.0 Å². The summed E-state index contributed by atoms with van der Waals surface area (Å²) in [5.41, 5.74) is 3.05. The molecule has 0 radical (unpaired) electrons. The minimum absolute atomic E-state index is 0.0942. The van der Waals surface area contributed by atoms with Crippen LogP contribution in [0.2, 0.25) is 0 Å². The summed E-state index contributed by atoms with van der Waals surface area (Å²) in [6.45, 7) is 0. The first-order valence-electron chi connectivity index (χ1n) is 6.77. The number of halogens is 4. The SMILES string of the molecule is FC(F)(F)CCC(Cl)c1ccc(Cc2ccccc2)cc1. The van der Waals surface area contributed by atoms with Gasteiger partial charge in [-0.05, 0) is 29.5 Å². The highest BCUT2D eigenvalue weighted by Crippen LogP contribution is 2.31. The van der Waals surface area contributed by atoms with Crippen molar-refractivity contribution in [2.75, 3.05) is 0 Å². The molecule has 0 saturated carbocycles. The van der Waals surface area contributed by atoms with Gasteiger partial charge in [-0.3, -0.25) is 0 Å². The van der Waals surface area contributed by atoms with E-state index >= 15 is 0 Å². The molecule has 1 unspecified atom stereocenters. The van der Waals surface area contributed by atoms with Crippen molar-refractivity contribution >= 4 is 11.6 Å². The van der Waals surface area contributed by atoms with Gasteiger partial charge in [-0.2, -0.15) is 13.2 Å². The summed E-state index contributed by atoms with van der Waals surface area (Å²) in [5, 5.41) is -0.600. The van der Waals surface area contributed by atoms with Gasteiger partial charge in [0.25, 0.3) is 0 Å². The summed E-state index contributed by atoms with van der Waals surface area (Å²) < 4.78 is 36.5. The van der Waals surface area contributed by atoms with Crippen LogP contribution in [0.15, 0.2) is 54.6 Å². The average Bonchev–Trinajstić information content (AvgIpc) is 2.46. The molecule has 112 valence electrons. The molecule has 2 rings (SSSR count). The molecule has 0 aliphatic rings. The molecule has 0 nitrogen and oxygen atoms in total. The predicted molar refractivity (Wildman–Crippen MR) is 79.6 cm³/mol. The molecule has 0 bridgehead atoms. The summed E-state index contributed by atoms with van der Waals surface area (Å²) in [5.74, 6) is 0. The van der Waals surface area contributed by atoms with Gasteiger partial charge < -0.3 is 0 Å². The van der Waals surface area contributed by atoms with Crippen LogP contribution in [0.1, 0.15) is 34.9 Å². The van der Waals surface area contributed by atoms with E-state index in [0.717, 1.165) is 17.5 Å². The molecule has 0 heterocycles. The number of hydrogen-bond acceptors (Lipinski definition) is 0. The first kappa shape index (κ1) is 15.9. The highest BCUT2D eigenvalue weighted by Gasteiger charge is 2.28. The Hall–Kier alpha value is -1.48. The Balaban J connectivity index is 1.95. The zero-order valence-electron chi connectivity index (χ0n) is 11.4. The maximum atomic E-state index is 12.2. The van der Waals surface area contributed by atoms with Crippen LogP contribution in [-0.2, 0) is 6.42 Å². The fourth-order valence-corrected chi connectivity index (χ4v) is 2.39. The van der Waals surface area contributed by atoms with E-state index in [1.54, 1.807) is 0 Å². The third-order valence-corrected chi connectivity index (χ3v) is 3.74. The van der Waals surface area contributed by atoms with Gasteiger partial charge in [0.1, 0.15) is 0 Å². The van der Waals surface area contributed by atoms with E-state index in [-0.39, 0.29) is 6.42 Å². The highest BCUT2D eigenvalue weighted by molar-refractivity contribution is 6.20. The lowest BCUT2D eigenvalue weighted by molar-refractivity contribution is -0.135. The summed E-state index contributed by atoms with van der Waals surface area (Å²) in [6, 6.07) is 17.5. The number of hydrogen-bond donors (Lipinski definition) is 0. The maximum Gasteiger partial charge on any atom is 0.389 e. The smallest absolute Gasteiger partial charge is 0.171 e. The molecule has 0 amide bonds. The van der Waals surface area contributed by atoms with Crippen LogP contribution in [0.5, 0.6) is 0 Å². The minimum atomic E-state index is -4.15. The molecule has 4 heteroatoms. The molecule has 2 aromatic carbocycles. The van der Waals surface area contributed by atoms with Crippen LogP contribution in [0, 0.1) is 0 Å². The molecule has 1 atom stereocenters. The van der Waals surface area contributed by atoms with Crippen LogP contribution in [0.4, 0.5) is 13.2 Å². The van der Waals surface area contributed by atoms with Crippen LogP contribution in [0.25, 0.3) is 0 Å². The van der Waals surface area contributed by atoms with Gasteiger partial charge in [0.2, 0.25) is 0 Å². The molecule has 0 aliphatic carbocycles. The third kappa shape index (κ3) is 5.43. The lowest BCUT2D eigenvalue weighted by Crippen LogP contribution is -2.08. The van der Waals surface area contributed by atoms with Gasteiger partial charge >= 0.3 is 6.18 Å². The summed E-state index contributed by atoms with van der Waals surface area (Å²) in [7, 11) is 0. The average molecular weight is 313 g/mol. The molecule has 0 aliphatic heterocycles. The predicted octanol–water partition coefficient (Wildman–Crippen LogP) is 5.90. The Bertz CT molecular complexity index is 546. The summed E-state index contributed by atoms with van der Waals surface area (Å²) in [6.07, 6.45) is -4.30. The normalized spacial score (nSPS) is 13.1. The fourth-order valence-electron chi connectivity index (χ4n) is 2.13. The Morgan fingerprint density at radius 1 is 0.857 bits per heavy atom. The van der Waals surface area contributed by atoms with Crippen LogP contribution in [0.3, 0.4) is 0 Å². The van der Waals surface area contributed by atoms with Crippen molar-refractivity contribution in [2.24, 2.45) is 0 Å². The summed E-state index contributed by atoms with van der Waals surface area (Å²) in [4.78, 5) is 0. The van der Waals surface area contributed by atoms with E-state index in [4.69, 9.17) is 11.6 Å². The number of alkyl halides is 4. The Labute approximate surface area is 127 Å². The second kappa shape index (κ2) is 6.99. The van der Waals surface area contributed by atoms with Gasteiger partial charge in [0.05, 0.1) is 5.38 Å². The molecule has 0 N–H and O–H groups in total. The van der Waals surface area contributed by atoms with Gasteiger partial charge in [-0.15, -0.1) is 11.6 Å². The number of benzene rings is 2. The van der Waals surface area contributed by atoms with Crippen LogP contribution >= 0.6 is 11.6 Å². The fraction of sp³-hybridized carbons (Fsp3) is 0.294. The van der Waals surface area contributed by atoms with Crippen LogP contribution < -0.4 is 0 Å². The van der Waals surface area contributed by atoms with Crippen molar-refractivity contribution in [3.05, 3.63) is 71.3 Å². The maximum absolute atomic E-state index is 12.2. The molecule has 2 aromatic rings. The second-order valence-electron chi connectivity index (χ2n) is 5.03. The quantitative estimate of drug-likeness (QED) is 0.603. The molecule has 0 fully saturated rings. The lowest BCUT2D eigenvalue weighted by atomic mass is 10.0. The first-order valence-corrected chi connectivity index (χ1v) is 7.21. The van der Waals surface area contributed by atoms with Gasteiger partial charge in [0.15, 0.2) is 0 Å². The van der Waals surface area contributed by atoms with Crippen LogP contribution in [-0.4, -0.2) is 6.18 Å². The standard InChI is InChI=1S/C17H16ClF3/c18-16(10-11-17(19,20)21)15-8-6-14(7-9-15)12-13-4-2-1-3-5-13/h1-9,16H,10-12H2. The minimum Gasteiger partial charge on any atom is -0.171 e. The highest BCUT2D eigenvalue weighted by atomic mass is 35.5. The van der Waals surface area contributed by atoms with Crippen molar-refractivity contribution in [3.8, 4) is 0 Å².